The van der Waals surface area contributed by atoms with Crippen LogP contribution in [0, 0.1) is 11.6 Å². The van der Waals surface area contributed by atoms with Gasteiger partial charge in [0.25, 0.3) is 0 Å². The van der Waals surface area contributed by atoms with E-state index in [0.717, 1.165) is 18.2 Å². The number of rotatable bonds is 4. The van der Waals surface area contributed by atoms with Gasteiger partial charge in [0.2, 0.25) is 0 Å². The number of carbonyl (C=O) groups excluding carboxylic acids is 2. The van der Waals surface area contributed by atoms with Gasteiger partial charge >= 0.3 is 6.09 Å². The summed E-state index contributed by atoms with van der Waals surface area (Å²) in [5.41, 5.74) is 0.872. The summed E-state index contributed by atoms with van der Waals surface area (Å²) >= 11 is 0. The molecule has 24 heavy (non-hydrogen) atoms. The zero-order chi connectivity index (χ0) is 17.1. The van der Waals surface area contributed by atoms with Gasteiger partial charge in [0.15, 0.2) is 5.78 Å². The molecule has 0 unspecified atom stereocenters. The normalized spacial score (nSPS) is 14.2. The van der Waals surface area contributed by atoms with E-state index in [-0.39, 0.29) is 11.3 Å². The fourth-order valence-corrected chi connectivity index (χ4v) is 2.36. The summed E-state index contributed by atoms with van der Waals surface area (Å²) in [5, 5.41) is 0. The lowest BCUT2D eigenvalue weighted by atomic mass is 10.1. The van der Waals surface area contributed by atoms with Crippen LogP contribution in [0.3, 0.4) is 0 Å². The van der Waals surface area contributed by atoms with E-state index >= 15 is 0 Å². The van der Waals surface area contributed by atoms with Gasteiger partial charge in [-0.1, -0.05) is 12.1 Å². The highest BCUT2D eigenvalue weighted by molar-refractivity contribution is 6.07. The number of cyclic esters (lactones) is 1. The smallest absolute Gasteiger partial charge is 0.414 e. The SMILES string of the molecule is O=C(/C=C/c1cc(F)ccc1F)c1cccc(N2CCOC2=O)c1. The van der Waals surface area contributed by atoms with Crippen LogP contribution in [0.15, 0.2) is 48.5 Å². The van der Waals surface area contributed by atoms with E-state index in [9.17, 15) is 18.4 Å². The van der Waals surface area contributed by atoms with Gasteiger partial charge in [0.1, 0.15) is 18.2 Å². The molecule has 122 valence electrons. The monoisotopic (exact) mass is 329 g/mol. The van der Waals surface area contributed by atoms with Crippen molar-refractivity contribution in [1.82, 2.24) is 0 Å². The Morgan fingerprint density at radius 2 is 2.00 bits per heavy atom. The Balaban J connectivity index is 1.81. The molecular formula is C18H13F2NO3. The highest BCUT2D eigenvalue weighted by Crippen LogP contribution is 2.21. The summed E-state index contributed by atoms with van der Waals surface area (Å²) in [6.45, 7) is 0.719. The summed E-state index contributed by atoms with van der Waals surface area (Å²) < 4.78 is 31.5. The van der Waals surface area contributed by atoms with Crippen LogP contribution in [0.4, 0.5) is 19.3 Å². The third-order valence-electron chi connectivity index (χ3n) is 3.58. The molecule has 0 N–H and O–H groups in total. The minimum Gasteiger partial charge on any atom is -0.447 e. The number of ketones is 1. The molecule has 6 heteroatoms. The maximum Gasteiger partial charge on any atom is 0.414 e. The van der Waals surface area contributed by atoms with Crippen LogP contribution in [0.2, 0.25) is 0 Å². The first-order chi connectivity index (χ1) is 11.5. The fourth-order valence-electron chi connectivity index (χ4n) is 2.36. The second kappa shape index (κ2) is 6.62. The summed E-state index contributed by atoms with van der Waals surface area (Å²) in [7, 11) is 0. The number of hydrogen-bond acceptors (Lipinski definition) is 3. The zero-order valence-corrected chi connectivity index (χ0v) is 12.5. The molecule has 4 nitrogen and oxygen atoms in total. The van der Waals surface area contributed by atoms with Crippen LogP contribution >= 0.6 is 0 Å². The predicted molar refractivity (Wildman–Crippen MR) is 84.9 cm³/mol. The van der Waals surface area contributed by atoms with Gasteiger partial charge in [-0.3, -0.25) is 9.69 Å². The van der Waals surface area contributed by atoms with Crippen molar-refractivity contribution in [1.29, 1.82) is 0 Å². The van der Waals surface area contributed by atoms with E-state index in [1.165, 1.54) is 17.1 Å². The highest BCUT2D eigenvalue weighted by atomic mass is 19.1. The Bertz CT molecular complexity index is 833. The molecule has 3 rings (SSSR count). The van der Waals surface area contributed by atoms with Crippen molar-refractivity contribution in [2.45, 2.75) is 0 Å². The van der Waals surface area contributed by atoms with Gasteiger partial charge in [-0.2, -0.15) is 0 Å². The lowest BCUT2D eigenvalue weighted by Crippen LogP contribution is -2.23. The molecule has 0 atom stereocenters. The third kappa shape index (κ3) is 3.32. The molecule has 2 aromatic carbocycles. The van der Waals surface area contributed by atoms with Gasteiger partial charge in [0, 0.05) is 16.8 Å². The van der Waals surface area contributed by atoms with Gasteiger partial charge in [-0.15, -0.1) is 0 Å². The van der Waals surface area contributed by atoms with Gasteiger partial charge in [0.05, 0.1) is 6.54 Å². The molecule has 2 aromatic rings. The van der Waals surface area contributed by atoms with Crippen LogP contribution < -0.4 is 4.90 Å². The minimum absolute atomic E-state index is 0.0115. The highest BCUT2D eigenvalue weighted by Gasteiger charge is 2.23. The molecule has 1 heterocycles. The second-order valence-corrected chi connectivity index (χ2v) is 5.18. The van der Waals surface area contributed by atoms with Crippen molar-refractivity contribution in [3.8, 4) is 0 Å². The number of hydrogen-bond donors (Lipinski definition) is 0. The van der Waals surface area contributed by atoms with Crippen LogP contribution in [0.25, 0.3) is 6.08 Å². The van der Waals surface area contributed by atoms with E-state index in [0.29, 0.717) is 24.4 Å². The number of nitrogens with zero attached hydrogens (tertiary/aromatic N) is 1. The molecular weight excluding hydrogens is 316 g/mol. The van der Waals surface area contributed by atoms with E-state index in [1.807, 2.05) is 0 Å². The van der Waals surface area contributed by atoms with Crippen molar-refractivity contribution >= 4 is 23.6 Å². The minimum atomic E-state index is -0.617. The fraction of sp³-hybridized carbons (Fsp3) is 0.111. The Labute approximate surface area is 137 Å². The Hall–Kier alpha value is -3.02. The number of anilines is 1. The summed E-state index contributed by atoms with van der Waals surface area (Å²) in [5.74, 6) is -1.58. The molecule has 0 saturated carbocycles. The van der Waals surface area contributed by atoms with E-state index < -0.39 is 17.7 Å². The predicted octanol–water partition coefficient (Wildman–Crippen LogP) is 3.82. The van der Waals surface area contributed by atoms with Crippen LogP contribution in [-0.2, 0) is 4.74 Å². The van der Waals surface area contributed by atoms with E-state index in [1.54, 1.807) is 24.3 Å². The summed E-state index contributed by atoms with van der Waals surface area (Å²) in [4.78, 5) is 25.2. The number of amides is 1. The van der Waals surface area contributed by atoms with Crippen molar-refractivity contribution in [3.05, 3.63) is 71.3 Å². The molecule has 0 radical (unpaired) electrons. The second-order valence-electron chi connectivity index (χ2n) is 5.18. The first-order valence-corrected chi connectivity index (χ1v) is 7.26. The molecule has 1 fully saturated rings. The lowest BCUT2D eigenvalue weighted by molar-refractivity contribution is 0.104. The molecule has 0 spiro atoms. The maximum atomic E-state index is 13.5. The first-order valence-electron chi connectivity index (χ1n) is 7.26. The zero-order valence-electron chi connectivity index (χ0n) is 12.5. The van der Waals surface area contributed by atoms with Gasteiger partial charge in [-0.05, 0) is 42.5 Å². The van der Waals surface area contributed by atoms with Crippen molar-refractivity contribution < 1.29 is 23.1 Å². The summed E-state index contributed by atoms with van der Waals surface area (Å²) in [6.07, 6.45) is 1.92. The Morgan fingerprint density at radius 1 is 1.17 bits per heavy atom. The molecule has 0 aromatic heterocycles. The first kappa shape index (κ1) is 15.9. The average Bonchev–Trinajstić information content (AvgIpc) is 3.01. The van der Waals surface area contributed by atoms with Crippen LogP contribution in [-0.4, -0.2) is 25.0 Å². The topological polar surface area (TPSA) is 46.6 Å². The molecule has 1 saturated heterocycles. The quantitative estimate of drug-likeness (QED) is 0.633. The van der Waals surface area contributed by atoms with Crippen molar-refractivity contribution in [2.24, 2.45) is 0 Å². The van der Waals surface area contributed by atoms with Crippen molar-refractivity contribution in [3.63, 3.8) is 0 Å². The molecule has 1 aliphatic rings. The third-order valence-corrected chi connectivity index (χ3v) is 3.58. The van der Waals surface area contributed by atoms with Crippen molar-refractivity contribution in [2.75, 3.05) is 18.1 Å². The summed E-state index contributed by atoms with van der Waals surface area (Å²) in [6, 6.07) is 9.49. The number of ether oxygens (including phenoxy) is 1. The largest absolute Gasteiger partial charge is 0.447 e. The lowest BCUT2D eigenvalue weighted by Gasteiger charge is -2.13. The number of carbonyl (C=O) groups is 2. The number of benzene rings is 2. The van der Waals surface area contributed by atoms with Crippen LogP contribution in [0.1, 0.15) is 15.9 Å². The van der Waals surface area contributed by atoms with Crippen LogP contribution in [0.5, 0.6) is 0 Å². The van der Waals surface area contributed by atoms with E-state index in [2.05, 4.69) is 0 Å². The molecule has 1 amide bonds. The molecule has 0 bridgehead atoms. The Kier molecular flexibility index (Phi) is 4.37. The van der Waals surface area contributed by atoms with Gasteiger partial charge < -0.3 is 4.74 Å². The Morgan fingerprint density at radius 3 is 2.75 bits per heavy atom. The molecule has 0 aliphatic carbocycles. The number of allylic oxidation sites excluding steroid dienone is 1. The number of halogens is 2. The maximum absolute atomic E-state index is 13.5. The average molecular weight is 329 g/mol. The standard InChI is InChI=1S/C18H13F2NO3/c19-14-5-6-16(20)12(10-14)4-7-17(22)13-2-1-3-15(11-13)21-8-9-24-18(21)23/h1-7,10-11H,8-9H2/b7-4+. The van der Waals surface area contributed by atoms with E-state index in [4.69, 9.17) is 4.74 Å². The molecule has 1 aliphatic heterocycles. The van der Waals surface area contributed by atoms with Gasteiger partial charge in [-0.25, -0.2) is 13.6 Å².